The van der Waals surface area contributed by atoms with Crippen LogP contribution in [0.4, 0.5) is 0 Å². The number of carbonyl (C=O) groups is 1. The number of carboxylic acids is 1. The predicted molar refractivity (Wildman–Crippen MR) is 64.5 cm³/mol. The molecule has 0 spiro atoms. The molecule has 0 aliphatic carbocycles. The zero-order valence-electron chi connectivity index (χ0n) is 9.81. The summed E-state index contributed by atoms with van der Waals surface area (Å²) in [4.78, 5) is 18.1. The molecule has 0 radical (unpaired) electrons. The van der Waals surface area contributed by atoms with E-state index < -0.39 is 5.97 Å². The molecule has 0 saturated carbocycles. The minimum absolute atomic E-state index is 0.385. The van der Waals surface area contributed by atoms with E-state index in [9.17, 15) is 4.79 Å². The van der Waals surface area contributed by atoms with E-state index in [2.05, 4.69) is 9.88 Å². The summed E-state index contributed by atoms with van der Waals surface area (Å²) in [7, 11) is 0. The lowest BCUT2D eigenvalue weighted by Crippen LogP contribution is -2.35. The monoisotopic (exact) mass is 256 g/mol. The molecule has 2 rings (SSSR count). The number of hydrogen-bond acceptors (Lipinski definition) is 5. The normalized spacial score (nSPS) is 17.2. The van der Waals surface area contributed by atoms with Crippen molar-refractivity contribution in [2.45, 2.75) is 19.9 Å². The van der Waals surface area contributed by atoms with E-state index in [4.69, 9.17) is 9.84 Å². The molecule has 2 heterocycles. The van der Waals surface area contributed by atoms with Crippen molar-refractivity contribution in [1.82, 2.24) is 9.88 Å². The second kappa shape index (κ2) is 5.57. The number of aromatic nitrogens is 1. The highest BCUT2D eigenvalue weighted by Crippen LogP contribution is 2.21. The SMILES string of the molecule is CCc1nc(CN2CCOCC2)sc1C(=O)O. The third kappa shape index (κ3) is 3.02. The molecule has 6 heteroatoms. The lowest BCUT2D eigenvalue weighted by molar-refractivity contribution is 0.0341. The van der Waals surface area contributed by atoms with Gasteiger partial charge in [-0.15, -0.1) is 11.3 Å². The average Bonchev–Trinajstić information content (AvgIpc) is 2.73. The van der Waals surface area contributed by atoms with Crippen molar-refractivity contribution < 1.29 is 14.6 Å². The summed E-state index contributed by atoms with van der Waals surface area (Å²) in [6.07, 6.45) is 0.668. The predicted octanol–water partition coefficient (Wildman–Crippen LogP) is 1.24. The fourth-order valence-corrected chi connectivity index (χ4v) is 2.86. The van der Waals surface area contributed by atoms with Crippen LogP contribution in [0.5, 0.6) is 0 Å². The maximum absolute atomic E-state index is 11.0. The van der Waals surface area contributed by atoms with Gasteiger partial charge in [0.25, 0.3) is 0 Å². The summed E-state index contributed by atoms with van der Waals surface area (Å²) >= 11 is 1.29. The fourth-order valence-electron chi connectivity index (χ4n) is 1.83. The van der Waals surface area contributed by atoms with E-state index in [0.717, 1.165) is 37.9 Å². The Labute approximate surface area is 104 Å². The fraction of sp³-hybridized carbons (Fsp3) is 0.636. The number of carboxylic acid groups (broad SMARTS) is 1. The molecule has 1 aliphatic rings. The molecule has 17 heavy (non-hydrogen) atoms. The number of aryl methyl sites for hydroxylation is 1. The van der Waals surface area contributed by atoms with Crippen molar-refractivity contribution >= 4 is 17.3 Å². The zero-order chi connectivity index (χ0) is 12.3. The standard InChI is InChI=1S/C11H16N2O3S/c1-2-8-10(11(14)15)17-9(12-8)7-13-3-5-16-6-4-13/h2-7H2,1H3,(H,14,15). The van der Waals surface area contributed by atoms with Crippen molar-refractivity contribution in [3.8, 4) is 0 Å². The first-order valence-electron chi connectivity index (χ1n) is 5.72. The molecule has 5 nitrogen and oxygen atoms in total. The lowest BCUT2D eigenvalue weighted by atomic mass is 10.3. The number of thiazole rings is 1. The highest BCUT2D eigenvalue weighted by atomic mass is 32.1. The highest BCUT2D eigenvalue weighted by molar-refractivity contribution is 7.13. The van der Waals surface area contributed by atoms with Crippen molar-refractivity contribution in [1.29, 1.82) is 0 Å². The van der Waals surface area contributed by atoms with Gasteiger partial charge in [-0.25, -0.2) is 9.78 Å². The quantitative estimate of drug-likeness (QED) is 0.878. The van der Waals surface area contributed by atoms with Crippen LogP contribution in [0.15, 0.2) is 0 Å². The molecule has 1 aromatic rings. The van der Waals surface area contributed by atoms with Crippen molar-refractivity contribution in [2.24, 2.45) is 0 Å². The van der Waals surface area contributed by atoms with E-state index in [0.29, 0.717) is 17.0 Å². The number of hydrogen-bond donors (Lipinski definition) is 1. The molecule has 0 aromatic carbocycles. The summed E-state index contributed by atoms with van der Waals surface area (Å²) in [5, 5.41) is 9.94. The van der Waals surface area contributed by atoms with Crippen molar-refractivity contribution in [3.63, 3.8) is 0 Å². The first kappa shape index (κ1) is 12.5. The molecule has 1 N–H and O–H groups in total. The third-order valence-electron chi connectivity index (χ3n) is 2.73. The molecule has 0 amide bonds. The van der Waals surface area contributed by atoms with Crippen LogP contribution in [0.1, 0.15) is 27.3 Å². The Kier molecular flexibility index (Phi) is 4.09. The molecule has 1 aromatic heterocycles. The minimum atomic E-state index is -0.868. The van der Waals surface area contributed by atoms with Crippen LogP contribution in [0, 0.1) is 0 Å². The number of nitrogens with zero attached hydrogens (tertiary/aromatic N) is 2. The van der Waals surface area contributed by atoms with Crippen LogP contribution in [0.25, 0.3) is 0 Å². The molecule has 94 valence electrons. The highest BCUT2D eigenvalue weighted by Gasteiger charge is 2.18. The van der Waals surface area contributed by atoms with Crippen LogP contribution >= 0.6 is 11.3 Å². The van der Waals surface area contributed by atoms with Gasteiger partial charge in [0, 0.05) is 13.1 Å². The maximum atomic E-state index is 11.0. The molecule has 0 bridgehead atoms. The van der Waals surface area contributed by atoms with Gasteiger partial charge < -0.3 is 9.84 Å². The van der Waals surface area contributed by atoms with E-state index >= 15 is 0 Å². The Morgan fingerprint density at radius 1 is 1.53 bits per heavy atom. The van der Waals surface area contributed by atoms with E-state index in [1.807, 2.05) is 6.92 Å². The molecule has 0 atom stereocenters. The van der Waals surface area contributed by atoms with Gasteiger partial charge in [-0.1, -0.05) is 6.92 Å². The first-order valence-corrected chi connectivity index (χ1v) is 6.54. The maximum Gasteiger partial charge on any atom is 0.347 e. The van der Waals surface area contributed by atoms with Crippen LogP contribution in [0.3, 0.4) is 0 Å². The molecular weight excluding hydrogens is 240 g/mol. The van der Waals surface area contributed by atoms with Gasteiger partial charge in [0.1, 0.15) is 9.88 Å². The second-order valence-corrected chi connectivity index (χ2v) is 5.01. The summed E-state index contributed by atoms with van der Waals surface area (Å²) in [6.45, 7) is 5.94. The van der Waals surface area contributed by atoms with Crippen LogP contribution in [0.2, 0.25) is 0 Å². The van der Waals surface area contributed by atoms with Crippen molar-refractivity contribution in [3.05, 3.63) is 15.6 Å². The lowest BCUT2D eigenvalue weighted by Gasteiger charge is -2.25. The van der Waals surface area contributed by atoms with Gasteiger partial charge in [-0.05, 0) is 6.42 Å². The van der Waals surface area contributed by atoms with E-state index in [1.54, 1.807) is 0 Å². The number of rotatable bonds is 4. The zero-order valence-corrected chi connectivity index (χ0v) is 10.6. The van der Waals surface area contributed by atoms with E-state index in [1.165, 1.54) is 11.3 Å². The van der Waals surface area contributed by atoms with Gasteiger partial charge in [0.2, 0.25) is 0 Å². The van der Waals surface area contributed by atoms with Gasteiger partial charge in [0.05, 0.1) is 25.5 Å². The molecular formula is C11H16N2O3S. The Morgan fingerprint density at radius 2 is 2.24 bits per heavy atom. The Bertz CT molecular complexity index is 399. The van der Waals surface area contributed by atoms with Gasteiger partial charge in [-0.3, -0.25) is 4.90 Å². The number of ether oxygens (including phenoxy) is 1. The summed E-state index contributed by atoms with van der Waals surface area (Å²) in [5.74, 6) is -0.868. The molecule has 0 unspecified atom stereocenters. The smallest absolute Gasteiger partial charge is 0.347 e. The average molecular weight is 256 g/mol. The first-order chi connectivity index (χ1) is 8.20. The van der Waals surface area contributed by atoms with Crippen LogP contribution < -0.4 is 0 Å². The summed E-state index contributed by atoms with van der Waals surface area (Å²) in [5.41, 5.74) is 0.700. The van der Waals surface area contributed by atoms with Crippen LogP contribution in [-0.4, -0.2) is 47.3 Å². The van der Waals surface area contributed by atoms with Gasteiger partial charge in [0.15, 0.2) is 0 Å². The van der Waals surface area contributed by atoms with Gasteiger partial charge >= 0.3 is 5.97 Å². The molecule has 1 saturated heterocycles. The summed E-state index contributed by atoms with van der Waals surface area (Å²) in [6, 6.07) is 0. The second-order valence-electron chi connectivity index (χ2n) is 3.93. The summed E-state index contributed by atoms with van der Waals surface area (Å²) < 4.78 is 5.27. The topological polar surface area (TPSA) is 62.7 Å². The van der Waals surface area contributed by atoms with Crippen molar-refractivity contribution in [2.75, 3.05) is 26.3 Å². The Morgan fingerprint density at radius 3 is 2.76 bits per heavy atom. The van der Waals surface area contributed by atoms with E-state index in [-0.39, 0.29) is 0 Å². The third-order valence-corrected chi connectivity index (χ3v) is 3.80. The molecule has 1 aliphatic heterocycles. The minimum Gasteiger partial charge on any atom is -0.477 e. The Balaban J connectivity index is 2.07. The van der Waals surface area contributed by atoms with Crippen LogP contribution in [-0.2, 0) is 17.7 Å². The number of morpholine rings is 1. The number of aromatic carboxylic acids is 1. The largest absolute Gasteiger partial charge is 0.477 e. The van der Waals surface area contributed by atoms with Gasteiger partial charge in [-0.2, -0.15) is 0 Å². The Hall–Kier alpha value is -0.980. The molecule has 1 fully saturated rings.